The predicted octanol–water partition coefficient (Wildman–Crippen LogP) is 3.34. The highest BCUT2D eigenvalue weighted by Gasteiger charge is 2.29. The molecule has 132 valence electrons. The number of rotatable bonds is 4. The fraction of sp³-hybridized carbons (Fsp3) is 0.412. The summed E-state index contributed by atoms with van der Waals surface area (Å²) in [6.45, 7) is 4.99. The summed E-state index contributed by atoms with van der Waals surface area (Å²) in [5.41, 5.74) is 16.6. The molecule has 0 bridgehead atoms. The van der Waals surface area contributed by atoms with E-state index >= 15 is 0 Å². The molecule has 0 aliphatic heterocycles. The summed E-state index contributed by atoms with van der Waals surface area (Å²) < 4.78 is 0. The molecule has 0 amide bonds. The van der Waals surface area contributed by atoms with Gasteiger partial charge in [-0.3, -0.25) is 0 Å². The summed E-state index contributed by atoms with van der Waals surface area (Å²) in [6.07, 6.45) is 1.96. The van der Waals surface area contributed by atoms with Crippen LogP contribution in [0.3, 0.4) is 0 Å². The Balaban J connectivity index is 0.00000144. The maximum absolute atomic E-state index is 5.86. The molecule has 0 atom stereocenters. The van der Waals surface area contributed by atoms with Crippen molar-refractivity contribution < 1.29 is 0 Å². The highest BCUT2D eigenvalue weighted by atomic mass is 35.5. The Kier molecular flexibility index (Phi) is 7.27. The van der Waals surface area contributed by atoms with E-state index in [9.17, 15) is 0 Å². The van der Waals surface area contributed by atoms with Crippen LogP contribution < -0.4 is 16.8 Å². The number of nitrogens with two attached hydrogens (primary N) is 2. The van der Waals surface area contributed by atoms with Gasteiger partial charge in [0.05, 0.1) is 5.69 Å². The molecule has 0 spiro atoms. The molecular weight excluding hydrogens is 345 g/mol. The molecule has 0 saturated heterocycles. The third-order valence-corrected chi connectivity index (χ3v) is 4.53. The Morgan fingerprint density at radius 2 is 1.88 bits per heavy atom. The molecule has 1 heterocycles. The quantitative estimate of drug-likeness (QED) is 0.768. The Hall–Kier alpha value is -1.56. The molecule has 1 saturated carbocycles. The predicted molar refractivity (Wildman–Crippen MR) is 104 cm³/mol. The second-order valence-electron chi connectivity index (χ2n) is 6.18. The van der Waals surface area contributed by atoms with Crippen molar-refractivity contribution in [3.63, 3.8) is 0 Å². The standard InChI is InChI=1S/C17H23N5.2ClH/c1-10-4-3-5-12(11(10)2)9-20-16-8-15(21-17(19)22-16)13-6-14(18)7-13;;/h3-5,8,13-14H,6-7,9,18H2,1-2H3,(H3,19,20,21,22);2*1H. The molecule has 0 unspecified atom stereocenters. The van der Waals surface area contributed by atoms with E-state index in [4.69, 9.17) is 11.5 Å². The maximum Gasteiger partial charge on any atom is 0.222 e. The smallest absolute Gasteiger partial charge is 0.222 e. The highest BCUT2D eigenvalue weighted by Crippen LogP contribution is 2.35. The van der Waals surface area contributed by atoms with E-state index in [0.717, 1.165) is 30.9 Å². The van der Waals surface area contributed by atoms with Crippen LogP contribution in [0.2, 0.25) is 0 Å². The van der Waals surface area contributed by atoms with Gasteiger partial charge in [-0.15, -0.1) is 24.8 Å². The van der Waals surface area contributed by atoms with Gasteiger partial charge in [-0.25, -0.2) is 4.98 Å². The number of hydrogen-bond donors (Lipinski definition) is 3. The molecule has 2 aromatic rings. The van der Waals surface area contributed by atoms with Crippen LogP contribution in [0.5, 0.6) is 0 Å². The summed E-state index contributed by atoms with van der Waals surface area (Å²) in [5.74, 6) is 1.52. The van der Waals surface area contributed by atoms with E-state index in [-0.39, 0.29) is 24.8 Å². The van der Waals surface area contributed by atoms with Crippen LogP contribution in [0.1, 0.15) is 41.1 Å². The Morgan fingerprint density at radius 1 is 1.17 bits per heavy atom. The second kappa shape index (κ2) is 8.51. The zero-order valence-electron chi connectivity index (χ0n) is 14.0. The minimum Gasteiger partial charge on any atom is -0.368 e. The van der Waals surface area contributed by atoms with Crippen LogP contribution in [0.4, 0.5) is 11.8 Å². The molecular formula is C17H25Cl2N5. The van der Waals surface area contributed by atoms with Gasteiger partial charge in [0.15, 0.2) is 0 Å². The molecule has 7 heteroatoms. The molecule has 3 rings (SSSR count). The molecule has 1 aliphatic carbocycles. The molecule has 1 fully saturated rings. The van der Waals surface area contributed by atoms with Crippen LogP contribution in [-0.2, 0) is 6.54 Å². The summed E-state index contributed by atoms with van der Waals surface area (Å²) >= 11 is 0. The topological polar surface area (TPSA) is 89.8 Å². The van der Waals surface area contributed by atoms with Crippen LogP contribution in [0.25, 0.3) is 0 Å². The van der Waals surface area contributed by atoms with Gasteiger partial charge in [0, 0.05) is 24.6 Å². The van der Waals surface area contributed by atoms with Gasteiger partial charge in [0.1, 0.15) is 5.82 Å². The van der Waals surface area contributed by atoms with Crippen LogP contribution >= 0.6 is 24.8 Å². The average molecular weight is 370 g/mol. The van der Waals surface area contributed by atoms with E-state index in [2.05, 4.69) is 47.3 Å². The normalized spacial score (nSPS) is 18.8. The van der Waals surface area contributed by atoms with Crippen molar-refractivity contribution in [3.05, 3.63) is 46.6 Å². The van der Waals surface area contributed by atoms with E-state index < -0.39 is 0 Å². The molecule has 1 aromatic heterocycles. The third kappa shape index (κ3) is 4.50. The van der Waals surface area contributed by atoms with Gasteiger partial charge in [-0.2, -0.15) is 4.98 Å². The molecule has 5 N–H and O–H groups in total. The zero-order valence-corrected chi connectivity index (χ0v) is 15.6. The zero-order chi connectivity index (χ0) is 15.7. The van der Waals surface area contributed by atoms with Crippen LogP contribution in [0.15, 0.2) is 24.3 Å². The molecule has 24 heavy (non-hydrogen) atoms. The fourth-order valence-corrected chi connectivity index (χ4v) is 2.88. The number of nitrogens with zero attached hydrogens (tertiary/aromatic N) is 2. The summed E-state index contributed by atoms with van der Waals surface area (Å²) in [6, 6.07) is 8.63. The minimum atomic E-state index is 0. The minimum absolute atomic E-state index is 0. The molecule has 5 nitrogen and oxygen atoms in total. The third-order valence-electron chi connectivity index (χ3n) is 4.53. The summed E-state index contributed by atoms with van der Waals surface area (Å²) in [4.78, 5) is 8.63. The van der Waals surface area contributed by atoms with Crippen LogP contribution in [-0.4, -0.2) is 16.0 Å². The van der Waals surface area contributed by atoms with Crippen molar-refractivity contribution in [2.75, 3.05) is 11.1 Å². The Labute approximate surface area is 155 Å². The molecule has 0 radical (unpaired) electrons. The van der Waals surface area contributed by atoms with Crippen LogP contribution in [0, 0.1) is 13.8 Å². The van der Waals surface area contributed by atoms with E-state index in [0.29, 0.717) is 17.9 Å². The van der Waals surface area contributed by atoms with Crippen molar-refractivity contribution >= 4 is 36.6 Å². The fourth-order valence-electron chi connectivity index (χ4n) is 2.88. The number of benzene rings is 1. The summed E-state index contributed by atoms with van der Waals surface area (Å²) in [5, 5.41) is 3.36. The number of aryl methyl sites for hydroxylation is 1. The summed E-state index contributed by atoms with van der Waals surface area (Å²) in [7, 11) is 0. The molecule has 1 aromatic carbocycles. The van der Waals surface area contributed by atoms with Crippen molar-refractivity contribution in [3.8, 4) is 0 Å². The Morgan fingerprint density at radius 3 is 2.54 bits per heavy atom. The highest BCUT2D eigenvalue weighted by molar-refractivity contribution is 5.85. The SMILES string of the molecule is Cc1cccc(CNc2cc(C3CC(N)C3)nc(N)n2)c1C.Cl.Cl. The first kappa shape index (κ1) is 20.5. The Bertz CT molecular complexity index is 687. The first-order valence-corrected chi connectivity index (χ1v) is 7.72. The number of nitrogen functional groups attached to an aromatic ring is 1. The first-order valence-electron chi connectivity index (χ1n) is 7.72. The lowest BCUT2D eigenvalue weighted by Gasteiger charge is -2.32. The lowest BCUT2D eigenvalue weighted by molar-refractivity contribution is 0.345. The number of aromatic nitrogens is 2. The largest absolute Gasteiger partial charge is 0.368 e. The maximum atomic E-state index is 5.86. The van der Waals surface area contributed by atoms with E-state index in [1.165, 1.54) is 16.7 Å². The number of nitrogens with one attached hydrogen (secondary N) is 1. The van der Waals surface area contributed by atoms with Gasteiger partial charge >= 0.3 is 0 Å². The van der Waals surface area contributed by atoms with Gasteiger partial charge in [0.2, 0.25) is 5.95 Å². The van der Waals surface area contributed by atoms with Gasteiger partial charge < -0.3 is 16.8 Å². The number of halogens is 2. The van der Waals surface area contributed by atoms with Gasteiger partial charge in [0.25, 0.3) is 0 Å². The first-order chi connectivity index (χ1) is 10.5. The number of anilines is 2. The molecule has 1 aliphatic rings. The lowest BCUT2D eigenvalue weighted by atomic mass is 9.78. The van der Waals surface area contributed by atoms with E-state index in [1.54, 1.807) is 0 Å². The van der Waals surface area contributed by atoms with Gasteiger partial charge in [-0.05, 0) is 43.4 Å². The number of hydrogen-bond acceptors (Lipinski definition) is 5. The van der Waals surface area contributed by atoms with E-state index in [1.807, 2.05) is 6.07 Å². The van der Waals surface area contributed by atoms with Gasteiger partial charge in [-0.1, -0.05) is 18.2 Å². The van der Waals surface area contributed by atoms with Crippen molar-refractivity contribution in [1.82, 2.24) is 9.97 Å². The van der Waals surface area contributed by atoms with Crippen molar-refractivity contribution in [1.29, 1.82) is 0 Å². The lowest BCUT2D eigenvalue weighted by Crippen LogP contribution is -2.35. The van der Waals surface area contributed by atoms with Crippen molar-refractivity contribution in [2.45, 2.75) is 45.2 Å². The van der Waals surface area contributed by atoms with Crippen molar-refractivity contribution in [2.24, 2.45) is 5.73 Å². The average Bonchev–Trinajstić information content (AvgIpc) is 2.45. The second-order valence-corrected chi connectivity index (χ2v) is 6.18. The monoisotopic (exact) mass is 369 g/mol.